The van der Waals surface area contributed by atoms with Gasteiger partial charge >= 0.3 is 0 Å². The molecular formula is C10H19N3O3. The Morgan fingerprint density at radius 2 is 2.31 bits per heavy atom. The average molecular weight is 229 g/mol. The SMILES string of the molecule is CCC(OC)c1noc(CC(C)(O)CN)n1. The Bertz CT molecular complexity index is 321. The predicted molar refractivity (Wildman–Crippen MR) is 57.7 cm³/mol. The topological polar surface area (TPSA) is 94.4 Å². The molecule has 0 bridgehead atoms. The molecule has 0 fully saturated rings. The van der Waals surface area contributed by atoms with Gasteiger partial charge in [0.15, 0.2) is 0 Å². The zero-order valence-corrected chi connectivity index (χ0v) is 9.93. The number of hydrogen-bond acceptors (Lipinski definition) is 6. The number of hydrogen-bond donors (Lipinski definition) is 2. The largest absolute Gasteiger partial charge is 0.388 e. The maximum absolute atomic E-state index is 9.75. The zero-order valence-electron chi connectivity index (χ0n) is 9.93. The molecule has 0 aliphatic rings. The van der Waals surface area contributed by atoms with Crippen molar-refractivity contribution in [3.8, 4) is 0 Å². The number of ether oxygens (including phenoxy) is 1. The van der Waals surface area contributed by atoms with Crippen LogP contribution in [-0.4, -0.2) is 34.5 Å². The molecule has 3 N–H and O–H groups in total. The second-order valence-corrected chi connectivity index (χ2v) is 4.06. The van der Waals surface area contributed by atoms with Gasteiger partial charge in [-0.3, -0.25) is 0 Å². The molecule has 0 saturated carbocycles. The second kappa shape index (κ2) is 5.38. The monoisotopic (exact) mass is 229 g/mol. The van der Waals surface area contributed by atoms with Crippen molar-refractivity contribution in [2.24, 2.45) is 5.73 Å². The summed E-state index contributed by atoms with van der Waals surface area (Å²) in [7, 11) is 1.60. The number of nitrogens with zero attached hydrogens (tertiary/aromatic N) is 2. The van der Waals surface area contributed by atoms with Gasteiger partial charge in [0.1, 0.15) is 6.10 Å². The molecule has 0 aliphatic heterocycles. The standard InChI is InChI=1S/C10H19N3O3/c1-4-7(15-3)9-12-8(16-13-9)5-10(2,14)6-11/h7,14H,4-6,11H2,1-3H3. The zero-order chi connectivity index (χ0) is 12.2. The van der Waals surface area contributed by atoms with E-state index in [9.17, 15) is 5.11 Å². The van der Waals surface area contributed by atoms with E-state index in [1.807, 2.05) is 6.92 Å². The van der Waals surface area contributed by atoms with Crippen LogP contribution in [0.1, 0.15) is 38.1 Å². The Morgan fingerprint density at radius 3 is 2.81 bits per heavy atom. The van der Waals surface area contributed by atoms with E-state index >= 15 is 0 Å². The first-order valence-electron chi connectivity index (χ1n) is 5.30. The highest BCUT2D eigenvalue weighted by molar-refractivity contribution is 4.95. The average Bonchev–Trinajstić information content (AvgIpc) is 2.68. The lowest BCUT2D eigenvalue weighted by molar-refractivity contribution is 0.0610. The van der Waals surface area contributed by atoms with E-state index in [-0.39, 0.29) is 19.1 Å². The van der Waals surface area contributed by atoms with Gasteiger partial charge < -0.3 is 20.1 Å². The van der Waals surface area contributed by atoms with Crippen LogP contribution in [0.2, 0.25) is 0 Å². The van der Waals surface area contributed by atoms with Crippen molar-refractivity contribution in [2.75, 3.05) is 13.7 Å². The van der Waals surface area contributed by atoms with Gasteiger partial charge in [-0.2, -0.15) is 4.98 Å². The number of aliphatic hydroxyl groups is 1. The lowest BCUT2D eigenvalue weighted by atomic mass is 10.0. The summed E-state index contributed by atoms with van der Waals surface area (Å²) in [4.78, 5) is 4.17. The van der Waals surface area contributed by atoms with Gasteiger partial charge in [0, 0.05) is 13.7 Å². The van der Waals surface area contributed by atoms with Gasteiger partial charge in [-0.15, -0.1) is 0 Å². The summed E-state index contributed by atoms with van der Waals surface area (Å²) in [6.07, 6.45) is 0.847. The number of aromatic nitrogens is 2. The third-order valence-electron chi connectivity index (χ3n) is 2.40. The van der Waals surface area contributed by atoms with Crippen molar-refractivity contribution in [2.45, 2.75) is 38.4 Å². The minimum atomic E-state index is -1.02. The Hall–Kier alpha value is -0.980. The maximum atomic E-state index is 9.75. The Labute approximate surface area is 94.8 Å². The maximum Gasteiger partial charge on any atom is 0.229 e. The Morgan fingerprint density at radius 1 is 1.62 bits per heavy atom. The molecular weight excluding hydrogens is 210 g/mol. The first-order valence-corrected chi connectivity index (χ1v) is 5.30. The van der Waals surface area contributed by atoms with Gasteiger partial charge in [-0.05, 0) is 13.3 Å². The van der Waals surface area contributed by atoms with Crippen LogP contribution in [0.3, 0.4) is 0 Å². The normalized spacial score (nSPS) is 17.1. The van der Waals surface area contributed by atoms with E-state index in [1.54, 1.807) is 14.0 Å². The highest BCUT2D eigenvalue weighted by atomic mass is 16.5. The fourth-order valence-corrected chi connectivity index (χ4v) is 1.32. The molecule has 6 nitrogen and oxygen atoms in total. The highest BCUT2D eigenvalue weighted by Crippen LogP contribution is 2.18. The smallest absolute Gasteiger partial charge is 0.229 e. The molecule has 1 heterocycles. The Balaban J connectivity index is 2.71. The number of nitrogens with two attached hydrogens (primary N) is 1. The fraction of sp³-hybridized carbons (Fsp3) is 0.800. The molecule has 0 saturated heterocycles. The van der Waals surface area contributed by atoms with Crippen molar-refractivity contribution >= 4 is 0 Å². The Kier molecular flexibility index (Phi) is 4.40. The summed E-state index contributed by atoms with van der Waals surface area (Å²) < 4.78 is 10.2. The van der Waals surface area contributed by atoms with Crippen molar-refractivity contribution in [1.29, 1.82) is 0 Å². The van der Waals surface area contributed by atoms with Crippen LogP contribution in [0.4, 0.5) is 0 Å². The van der Waals surface area contributed by atoms with Crippen molar-refractivity contribution in [3.63, 3.8) is 0 Å². The molecule has 2 atom stereocenters. The van der Waals surface area contributed by atoms with Gasteiger partial charge in [0.05, 0.1) is 12.0 Å². The van der Waals surface area contributed by atoms with Crippen LogP contribution >= 0.6 is 0 Å². The number of rotatable bonds is 6. The second-order valence-electron chi connectivity index (χ2n) is 4.06. The summed E-state index contributed by atoms with van der Waals surface area (Å²) in [6, 6.07) is 0. The molecule has 2 unspecified atom stereocenters. The first-order chi connectivity index (χ1) is 7.52. The minimum Gasteiger partial charge on any atom is -0.388 e. The molecule has 16 heavy (non-hydrogen) atoms. The van der Waals surface area contributed by atoms with Crippen LogP contribution in [0.5, 0.6) is 0 Å². The fourth-order valence-electron chi connectivity index (χ4n) is 1.32. The van der Waals surface area contributed by atoms with Gasteiger partial charge in [-0.1, -0.05) is 12.1 Å². The van der Waals surface area contributed by atoms with Crippen LogP contribution in [0.15, 0.2) is 4.52 Å². The summed E-state index contributed by atoms with van der Waals surface area (Å²) in [5.74, 6) is 0.883. The van der Waals surface area contributed by atoms with Crippen molar-refractivity contribution in [1.82, 2.24) is 10.1 Å². The van der Waals surface area contributed by atoms with Gasteiger partial charge in [-0.25, -0.2) is 0 Å². The van der Waals surface area contributed by atoms with Crippen LogP contribution in [-0.2, 0) is 11.2 Å². The van der Waals surface area contributed by atoms with Crippen LogP contribution in [0.25, 0.3) is 0 Å². The van der Waals surface area contributed by atoms with Crippen molar-refractivity contribution in [3.05, 3.63) is 11.7 Å². The highest BCUT2D eigenvalue weighted by Gasteiger charge is 2.24. The van der Waals surface area contributed by atoms with Gasteiger partial charge in [0.25, 0.3) is 0 Å². The molecule has 1 aromatic heterocycles. The van der Waals surface area contributed by atoms with Gasteiger partial charge in [0.2, 0.25) is 11.7 Å². The number of methoxy groups -OCH3 is 1. The first kappa shape index (κ1) is 13.1. The molecule has 0 amide bonds. The third kappa shape index (κ3) is 3.26. The molecule has 0 aliphatic carbocycles. The van der Waals surface area contributed by atoms with Crippen LogP contribution < -0.4 is 5.73 Å². The predicted octanol–water partition coefficient (Wildman–Crippen LogP) is 0.419. The lowest BCUT2D eigenvalue weighted by Gasteiger charge is -2.17. The van der Waals surface area contributed by atoms with E-state index in [0.717, 1.165) is 6.42 Å². The summed E-state index contributed by atoms with van der Waals surface area (Å²) in [5.41, 5.74) is 4.39. The molecule has 0 spiro atoms. The van der Waals surface area contributed by atoms with Crippen molar-refractivity contribution < 1.29 is 14.4 Å². The molecule has 1 rings (SSSR count). The summed E-state index contributed by atoms with van der Waals surface area (Å²) in [5, 5.41) is 13.6. The van der Waals surface area contributed by atoms with E-state index < -0.39 is 5.60 Å². The van der Waals surface area contributed by atoms with E-state index in [1.165, 1.54) is 0 Å². The molecule has 92 valence electrons. The third-order valence-corrected chi connectivity index (χ3v) is 2.40. The molecule has 6 heteroatoms. The lowest BCUT2D eigenvalue weighted by Crippen LogP contribution is -2.36. The van der Waals surface area contributed by atoms with E-state index in [4.69, 9.17) is 15.0 Å². The van der Waals surface area contributed by atoms with E-state index in [2.05, 4.69) is 10.1 Å². The molecule has 0 aromatic carbocycles. The quantitative estimate of drug-likeness (QED) is 0.734. The minimum absolute atomic E-state index is 0.145. The van der Waals surface area contributed by atoms with Crippen LogP contribution in [0, 0.1) is 0 Å². The summed E-state index contributed by atoms with van der Waals surface area (Å²) in [6.45, 7) is 3.75. The molecule has 1 aromatic rings. The summed E-state index contributed by atoms with van der Waals surface area (Å²) >= 11 is 0. The van der Waals surface area contributed by atoms with E-state index in [0.29, 0.717) is 11.7 Å². The molecule has 0 radical (unpaired) electrons.